The van der Waals surface area contributed by atoms with Gasteiger partial charge in [0, 0.05) is 50.6 Å². The quantitative estimate of drug-likeness (QED) is 0.549. The lowest BCUT2D eigenvalue weighted by molar-refractivity contribution is -0.135. The van der Waals surface area contributed by atoms with Crippen LogP contribution in [-0.4, -0.2) is 51.5 Å². The van der Waals surface area contributed by atoms with Crippen LogP contribution in [0.4, 0.5) is 0 Å². The predicted molar refractivity (Wildman–Crippen MR) is 125 cm³/mol. The molecule has 1 unspecified atom stereocenters. The number of amides is 1. The van der Waals surface area contributed by atoms with Crippen LogP contribution in [0.25, 0.3) is 11.4 Å². The van der Waals surface area contributed by atoms with Gasteiger partial charge in [-0.05, 0) is 24.0 Å². The van der Waals surface area contributed by atoms with E-state index in [2.05, 4.69) is 72.2 Å². The molecular weight excluding hydrogens is 400 g/mol. The number of benzene rings is 2. The van der Waals surface area contributed by atoms with Gasteiger partial charge in [-0.1, -0.05) is 73.6 Å². The Morgan fingerprint density at radius 3 is 2.53 bits per heavy atom. The standard InChI is InChI=1S/C26H32N4O2/c1-19(2)22-9-11-23(12-10-22)26-27-24(32-28-26)13-14-25(31)30-16-15-29(17-20(30)3)18-21-7-5-4-6-8-21/h4-12,19-20H,13-18H2,1-3H3. The first-order valence-corrected chi connectivity index (χ1v) is 11.5. The first kappa shape index (κ1) is 22.2. The molecular formula is C26H32N4O2. The van der Waals surface area contributed by atoms with Crippen molar-refractivity contribution in [3.63, 3.8) is 0 Å². The van der Waals surface area contributed by atoms with E-state index < -0.39 is 0 Å². The fourth-order valence-corrected chi connectivity index (χ4v) is 4.24. The highest BCUT2D eigenvalue weighted by molar-refractivity contribution is 5.76. The number of carbonyl (C=O) groups excluding carboxylic acids is 1. The van der Waals surface area contributed by atoms with E-state index in [1.165, 1.54) is 11.1 Å². The molecule has 0 bridgehead atoms. The largest absolute Gasteiger partial charge is 0.339 e. The van der Waals surface area contributed by atoms with Crippen molar-refractivity contribution in [3.8, 4) is 11.4 Å². The number of aryl methyl sites for hydroxylation is 1. The molecule has 6 nitrogen and oxygen atoms in total. The van der Waals surface area contributed by atoms with E-state index in [0.29, 0.717) is 30.5 Å². The van der Waals surface area contributed by atoms with Crippen LogP contribution in [0.2, 0.25) is 0 Å². The highest BCUT2D eigenvalue weighted by Crippen LogP contribution is 2.21. The molecule has 1 atom stereocenters. The molecule has 1 aliphatic rings. The van der Waals surface area contributed by atoms with Crippen molar-refractivity contribution in [1.82, 2.24) is 19.9 Å². The number of rotatable bonds is 7. The van der Waals surface area contributed by atoms with Gasteiger partial charge >= 0.3 is 0 Å². The fourth-order valence-electron chi connectivity index (χ4n) is 4.24. The third-order valence-corrected chi connectivity index (χ3v) is 6.14. The summed E-state index contributed by atoms with van der Waals surface area (Å²) in [7, 11) is 0. The number of aromatic nitrogens is 2. The minimum Gasteiger partial charge on any atom is -0.339 e. The second-order valence-electron chi connectivity index (χ2n) is 8.95. The normalized spacial score (nSPS) is 17.1. The third-order valence-electron chi connectivity index (χ3n) is 6.14. The lowest BCUT2D eigenvalue weighted by Gasteiger charge is -2.40. The van der Waals surface area contributed by atoms with E-state index in [1.807, 2.05) is 23.1 Å². The molecule has 1 aromatic heterocycles. The zero-order valence-electron chi connectivity index (χ0n) is 19.2. The zero-order valence-corrected chi connectivity index (χ0v) is 19.2. The number of hydrogen-bond acceptors (Lipinski definition) is 5. The average molecular weight is 433 g/mol. The SMILES string of the molecule is CC(C)c1ccc(-c2noc(CCC(=O)N3CCN(Cc4ccccc4)CC3C)n2)cc1. The van der Waals surface area contributed by atoms with E-state index >= 15 is 0 Å². The molecule has 2 heterocycles. The van der Waals surface area contributed by atoms with Crippen LogP contribution in [0.3, 0.4) is 0 Å². The van der Waals surface area contributed by atoms with E-state index in [0.717, 1.165) is 31.7 Å². The highest BCUT2D eigenvalue weighted by Gasteiger charge is 2.27. The molecule has 4 rings (SSSR count). The second-order valence-corrected chi connectivity index (χ2v) is 8.95. The lowest BCUT2D eigenvalue weighted by atomic mass is 10.0. The first-order chi connectivity index (χ1) is 15.5. The van der Waals surface area contributed by atoms with E-state index in [4.69, 9.17) is 4.52 Å². The smallest absolute Gasteiger partial charge is 0.227 e. The molecule has 1 saturated heterocycles. The first-order valence-electron chi connectivity index (χ1n) is 11.5. The topological polar surface area (TPSA) is 62.5 Å². The maximum absolute atomic E-state index is 12.8. The lowest BCUT2D eigenvalue weighted by Crippen LogP contribution is -2.53. The molecule has 0 saturated carbocycles. The molecule has 1 fully saturated rings. The zero-order chi connectivity index (χ0) is 22.5. The van der Waals surface area contributed by atoms with Crippen molar-refractivity contribution in [2.45, 2.75) is 52.1 Å². The molecule has 0 aliphatic carbocycles. The number of hydrogen-bond donors (Lipinski definition) is 0. The molecule has 2 aromatic carbocycles. The summed E-state index contributed by atoms with van der Waals surface area (Å²) < 4.78 is 5.40. The van der Waals surface area contributed by atoms with Gasteiger partial charge < -0.3 is 9.42 Å². The molecule has 1 amide bonds. The van der Waals surface area contributed by atoms with Crippen molar-refractivity contribution >= 4 is 5.91 Å². The third kappa shape index (κ3) is 5.43. The Morgan fingerprint density at radius 1 is 1.09 bits per heavy atom. The monoisotopic (exact) mass is 432 g/mol. The van der Waals surface area contributed by atoms with E-state index in [1.54, 1.807) is 0 Å². The van der Waals surface area contributed by atoms with Crippen LogP contribution in [0, 0.1) is 0 Å². The summed E-state index contributed by atoms with van der Waals surface area (Å²) in [5.74, 6) is 1.72. The van der Waals surface area contributed by atoms with Gasteiger partial charge in [-0.15, -0.1) is 0 Å². The van der Waals surface area contributed by atoms with Gasteiger partial charge in [0.1, 0.15) is 0 Å². The Morgan fingerprint density at radius 2 is 1.84 bits per heavy atom. The fraction of sp³-hybridized carbons (Fsp3) is 0.423. The number of nitrogens with zero attached hydrogens (tertiary/aromatic N) is 4. The van der Waals surface area contributed by atoms with Crippen LogP contribution < -0.4 is 0 Å². The van der Waals surface area contributed by atoms with E-state index in [-0.39, 0.29) is 11.9 Å². The summed E-state index contributed by atoms with van der Waals surface area (Å²) in [6, 6.07) is 18.9. The summed E-state index contributed by atoms with van der Waals surface area (Å²) in [4.78, 5) is 21.7. The maximum Gasteiger partial charge on any atom is 0.227 e. The van der Waals surface area contributed by atoms with Crippen LogP contribution in [-0.2, 0) is 17.8 Å². The Balaban J connectivity index is 1.28. The molecule has 1 aliphatic heterocycles. The molecule has 0 N–H and O–H groups in total. The maximum atomic E-state index is 12.8. The molecule has 32 heavy (non-hydrogen) atoms. The predicted octanol–water partition coefficient (Wildman–Crippen LogP) is 4.53. The van der Waals surface area contributed by atoms with Gasteiger partial charge in [0.25, 0.3) is 0 Å². The van der Waals surface area contributed by atoms with Gasteiger partial charge in [0.15, 0.2) is 0 Å². The van der Waals surface area contributed by atoms with Crippen molar-refractivity contribution in [3.05, 3.63) is 71.6 Å². The minimum absolute atomic E-state index is 0.151. The van der Waals surface area contributed by atoms with Gasteiger partial charge in [0.2, 0.25) is 17.6 Å². The summed E-state index contributed by atoms with van der Waals surface area (Å²) in [6.45, 7) is 9.92. The highest BCUT2D eigenvalue weighted by atomic mass is 16.5. The van der Waals surface area contributed by atoms with Crippen LogP contribution in [0.15, 0.2) is 59.1 Å². The molecule has 0 spiro atoms. The summed E-state index contributed by atoms with van der Waals surface area (Å²) in [6.07, 6.45) is 0.851. The number of carbonyl (C=O) groups is 1. The van der Waals surface area contributed by atoms with Crippen molar-refractivity contribution in [2.75, 3.05) is 19.6 Å². The van der Waals surface area contributed by atoms with Gasteiger partial charge in [-0.25, -0.2) is 0 Å². The average Bonchev–Trinajstić information content (AvgIpc) is 3.27. The van der Waals surface area contributed by atoms with E-state index in [9.17, 15) is 4.79 Å². The van der Waals surface area contributed by atoms with Crippen molar-refractivity contribution < 1.29 is 9.32 Å². The van der Waals surface area contributed by atoms with Gasteiger partial charge in [-0.2, -0.15) is 4.98 Å². The summed E-state index contributed by atoms with van der Waals surface area (Å²) in [5.41, 5.74) is 3.52. The summed E-state index contributed by atoms with van der Waals surface area (Å²) >= 11 is 0. The van der Waals surface area contributed by atoms with Crippen LogP contribution >= 0.6 is 0 Å². The van der Waals surface area contributed by atoms with Crippen LogP contribution in [0.1, 0.15) is 50.1 Å². The minimum atomic E-state index is 0.151. The Hall–Kier alpha value is -2.99. The van der Waals surface area contributed by atoms with Gasteiger partial charge in [0.05, 0.1) is 0 Å². The molecule has 3 aromatic rings. The van der Waals surface area contributed by atoms with Gasteiger partial charge in [-0.3, -0.25) is 9.69 Å². The molecule has 168 valence electrons. The Kier molecular flexibility index (Phi) is 7.00. The Bertz CT molecular complexity index is 1010. The number of piperazine rings is 1. The molecule has 6 heteroatoms. The molecule has 0 radical (unpaired) electrons. The van der Waals surface area contributed by atoms with Crippen LogP contribution in [0.5, 0.6) is 0 Å². The Labute approximate surface area is 190 Å². The second kappa shape index (κ2) is 10.1. The summed E-state index contributed by atoms with van der Waals surface area (Å²) in [5, 5.41) is 4.10. The van der Waals surface area contributed by atoms with Crippen molar-refractivity contribution in [1.29, 1.82) is 0 Å². The van der Waals surface area contributed by atoms with Crippen molar-refractivity contribution in [2.24, 2.45) is 0 Å².